The molecule has 24 heavy (non-hydrogen) atoms. The fraction of sp³-hybridized carbons (Fsp3) is 0.389. The van der Waals surface area contributed by atoms with Crippen LogP contribution in [0.4, 0.5) is 0 Å². The van der Waals surface area contributed by atoms with E-state index in [1.165, 1.54) is 0 Å². The highest BCUT2D eigenvalue weighted by Gasteiger charge is 2.21. The van der Waals surface area contributed by atoms with Gasteiger partial charge in [-0.1, -0.05) is 30.3 Å². The lowest BCUT2D eigenvalue weighted by Gasteiger charge is -2.17. The summed E-state index contributed by atoms with van der Waals surface area (Å²) in [5.41, 5.74) is 3.85. The number of hydrogen-bond acceptors (Lipinski definition) is 3. The minimum Gasteiger partial charge on any atom is -0.357 e. The molecule has 6 heteroatoms. The van der Waals surface area contributed by atoms with E-state index in [4.69, 9.17) is 0 Å². The van der Waals surface area contributed by atoms with Crippen molar-refractivity contribution in [2.24, 2.45) is 7.05 Å². The molecule has 1 aromatic carbocycles. The lowest BCUT2D eigenvalue weighted by molar-refractivity contribution is -0.128. The highest BCUT2D eigenvalue weighted by molar-refractivity contribution is 5.88. The molecule has 0 saturated heterocycles. The Morgan fingerprint density at radius 2 is 1.88 bits per heavy atom. The van der Waals surface area contributed by atoms with Crippen molar-refractivity contribution in [2.45, 2.75) is 32.7 Å². The first kappa shape index (κ1) is 17.7. The molecule has 2 amide bonds. The largest absolute Gasteiger partial charge is 0.357 e. The van der Waals surface area contributed by atoms with E-state index in [0.717, 1.165) is 22.5 Å². The van der Waals surface area contributed by atoms with Crippen molar-refractivity contribution in [3.05, 3.63) is 52.8 Å². The Balaban J connectivity index is 2.04. The Kier molecular flexibility index (Phi) is 5.73. The van der Waals surface area contributed by atoms with Crippen molar-refractivity contribution in [3.8, 4) is 0 Å². The molecule has 0 aliphatic heterocycles. The number of aromatic nitrogens is 2. The standard InChI is InChI=1S/C18H24N4O2/c1-12-15(13(2)22(4)21-12)10-11-16(23)20-17(18(24)19-3)14-8-6-5-7-9-14/h5-9,17H,10-11H2,1-4H3,(H,19,24)(H,20,23). The maximum absolute atomic E-state index is 12.3. The molecule has 2 rings (SSSR count). The van der Waals surface area contributed by atoms with Gasteiger partial charge >= 0.3 is 0 Å². The SMILES string of the molecule is CNC(=O)C(NC(=O)CCc1c(C)nn(C)c1C)c1ccccc1. The van der Waals surface area contributed by atoms with E-state index in [1.54, 1.807) is 7.05 Å². The molecule has 0 radical (unpaired) electrons. The highest BCUT2D eigenvalue weighted by Crippen LogP contribution is 2.16. The molecule has 0 bridgehead atoms. The fourth-order valence-corrected chi connectivity index (χ4v) is 2.74. The van der Waals surface area contributed by atoms with Crippen LogP contribution in [0.2, 0.25) is 0 Å². The third-order valence-electron chi connectivity index (χ3n) is 4.21. The van der Waals surface area contributed by atoms with E-state index < -0.39 is 6.04 Å². The summed E-state index contributed by atoms with van der Waals surface area (Å²) in [6.45, 7) is 3.93. The first-order valence-electron chi connectivity index (χ1n) is 7.99. The van der Waals surface area contributed by atoms with Gasteiger partial charge in [0.05, 0.1) is 5.69 Å². The normalized spacial score (nSPS) is 11.8. The molecule has 0 aliphatic carbocycles. The molecular weight excluding hydrogens is 304 g/mol. The Morgan fingerprint density at radius 1 is 1.21 bits per heavy atom. The van der Waals surface area contributed by atoms with Gasteiger partial charge in [0.2, 0.25) is 11.8 Å². The van der Waals surface area contributed by atoms with Crippen LogP contribution in [0.25, 0.3) is 0 Å². The van der Waals surface area contributed by atoms with Gasteiger partial charge in [0.1, 0.15) is 6.04 Å². The summed E-state index contributed by atoms with van der Waals surface area (Å²) in [6, 6.07) is 8.55. The quantitative estimate of drug-likeness (QED) is 0.845. The van der Waals surface area contributed by atoms with Crippen LogP contribution in [0.3, 0.4) is 0 Å². The zero-order chi connectivity index (χ0) is 17.7. The Labute approximate surface area is 142 Å². The number of amides is 2. The van der Waals surface area contributed by atoms with E-state index in [2.05, 4.69) is 15.7 Å². The van der Waals surface area contributed by atoms with Crippen LogP contribution in [-0.4, -0.2) is 28.6 Å². The highest BCUT2D eigenvalue weighted by atomic mass is 16.2. The fourth-order valence-electron chi connectivity index (χ4n) is 2.74. The number of benzene rings is 1. The number of rotatable bonds is 6. The second-order valence-electron chi connectivity index (χ2n) is 5.80. The molecule has 1 atom stereocenters. The van der Waals surface area contributed by atoms with Gasteiger partial charge in [-0.25, -0.2) is 0 Å². The molecule has 0 saturated carbocycles. The van der Waals surface area contributed by atoms with Gasteiger partial charge < -0.3 is 10.6 Å². The number of carbonyl (C=O) groups excluding carboxylic acids is 2. The second-order valence-corrected chi connectivity index (χ2v) is 5.80. The lowest BCUT2D eigenvalue weighted by Crippen LogP contribution is -2.39. The van der Waals surface area contributed by atoms with Gasteiger partial charge in [-0.15, -0.1) is 0 Å². The second kappa shape index (κ2) is 7.77. The molecule has 2 N–H and O–H groups in total. The number of hydrogen-bond donors (Lipinski definition) is 2. The number of carbonyl (C=O) groups is 2. The zero-order valence-corrected chi connectivity index (χ0v) is 14.6. The third-order valence-corrected chi connectivity index (χ3v) is 4.21. The predicted molar refractivity (Wildman–Crippen MR) is 92.4 cm³/mol. The Morgan fingerprint density at radius 3 is 2.42 bits per heavy atom. The van der Waals surface area contributed by atoms with Gasteiger partial charge in [0.25, 0.3) is 0 Å². The van der Waals surface area contributed by atoms with Crippen LogP contribution < -0.4 is 10.6 Å². The van der Waals surface area contributed by atoms with E-state index >= 15 is 0 Å². The van der Waals surface area contributed by atoms with E-state index in [1.807, 2.05) is 55.9 Å². The summed E-state index contributed by atoms with van der Waals surface area (Å²) in [4.78, 5) is 24.4. The first-order valence-corrected chi connectivity index (χ1v) is 7.99. The van der Waals surface area contributed by atoms with Crippen molar-refractivity contribution in [3.63, 3.8) is 0 Å². The summed E-state index contributed by atoms with van der Waals surface area (Å²) in [5, 5.41) is 9.78. The molecule has 1 aromatic heterocycles. The van der Waals surface area contributed by atoms with Gasteiger partial charge in [-0.3, -0.25) is 14.3 Å². The van der Waals surface area contributed by atoms with Crippen molar-refractivity contribution in [1.29, 1.82) is 0 Å². The van der Waals surface area contributed by atoms with E-state index in [0.29, 0.717) is 12.8 Å². The maximum Gasteiger partial charge on any atom is 0.246 e. The van der Waals surface area contributed by atoms with Crippen LogP contribution in [0, 0.1) is 13.8 Å². The van der Waals surface area contributed by atoms with Gasteiger partial charge in [0, 0.05) is 26.2 Å². The smallest absolute Gasteiger partial charge is 0.246 e. The molecule has 0 fully saturated rings. The first-order chi connectivity index (χ1) is 11.4. The van der Waals surface area contributed by atoms with Crippen LogP contribution in [0.15, 0.2) is 30.3 Å². The number of nitrogens with one attached hydrogen (secondary N) is 2. The van der Waals surface area contributed by atoms with E-state index in [-0.39, 0.29) is 11.8 Å². The van der Waals surface area contributed by atoms with Gasteiger partial charge in [-0.05, 0) is 31.4 Å². The zero-order valence-electron chi connectivity index (χ0n) is 14.6. The number of likely N-dealkylation sites (N-methyl/N-ethyl adjacent to an activating group) is 1. The maximum atomic E-state index is 12.3. The van der Waals surface area contributed by atoms with Crippen molar-refractivity contribution in [2.75, 3.05) is 7.05 Å². The molecule has 1 heterocycles. The van der Waals surface area contributed by atoms with Gasteiger partial charge in [0.15, 0.2) is 0 Å². The number of nitrogens with zero attached hydrogens (tertiary/aromatic N) is 2. The minimum atomic E-state index is -0.681. The van der Waals surface area contributed by atoms with Crippen molar-refractivity contribution < 1.29 is 9.59 Å². The molecular formula is C18H24N4O2. The van der Waals surface area contributed by atoms with E-state index in [9.17, 15) is 9.59 Å². The molecule has 6 nitrogen and oxygen atoms in total. The molecule has 0 aliphatic rings. The Hall–Kier alpha value is -2.63. The Bertz CT molecular complexity index is 722. The molecule has 1 unspecified atom stereocenters. The van der Waals surface area contributed by atoms with Crippen molar-refractivity contribution in [1.82, 2.24) is 20.4 Å². The van der Waals surface area contributed by atoms with Crippen LogP contribution in [0.5, 0.6) is 0 Å². The summed E-state index contributed by atoms with van der Waals surface area (Å²) in [6.07, 6.45) is 0.917. The summed E-state index contributed by atoms with van der Waals surface area (Å²) in [7, 11) is 3.45. The molecule has 0 spiro atoms. The topological polar surface area (TPSA) is 76.0 Å². The summed E-state index contributed by atoms with van der Waals surface area (Å²) < 4.78 is 1.82. The van der Waals surface area contributed by atoms with Crippen LogP contribution in [-0.2, 0) is 23.1 Å². The van der Waals surface area contributed by atoms with Gasteiger partial charge in [-0.2, -0.15) is 5.10 Å². The molecule has 2 aromatic rings. The van der Waals surface area contributed by atoms with Crippen molar-refractivity contribution >= 4 is 11.8 Å². The monoisotopic (exact) mass is 328 g/mol. The number of aryl methyl sites for hydroxylation is 2. The lowest BCUT2D eigenvalue weighted by atomic mass is 10.0. The average molecular weight is 328 g/mol. The molecule has 128 valence electrons. The van der Waals surface area contributed by atoms with Crippen LogP contribution >= 0.6 is 0 Å². The predicted octanol–water partition coefficient (Wildman–Crippen LogP) is 1.57. The summed E-state index contributed by atoms with van der Waals surface area (Å²) in [5.74, 6) is -0.390. The average Bonchev–Trinajstić information content (AvgIpc) is 2.83. The van der Waals surface area contributed by atoms with Crippen LogP contribution in [0.1, 0.15) is 35.0 Å². The summed E-state index contributed by atoms with van der Waals surface area (Å²) >= 11 is 0. The minimum absolute atomic E-state index is 0.157. The third kappa shape index (κ3) is 4.01.